The number of nitrogens with zero attached hydrogens (tertiary/aromatic N) is 2. The zero-order valence-corrected chi connectivity index (χ0v) is 4.59. The lowest BCUT2D eigenvalue weighted by Gasteiger charge is -1.96. The van der Waals surface area contributed by atoms with Gasteiger partial charge in [0.05, 0.1) is 6.42 Å². The third-order valence-electron chi connectivity index (χ3n) is 0.877. The second kappa shape index (κ2) is 1.86. The van der Waals surface area contributed by atoms with Crippen molar-refractivity contribution in [2.75, 3.05) is 0 Å². The maximum atomic E-state index is 10.4. The normalized spacial score (nSPS) is 18.6. The average Bonchev–Trinajstić information content (AvgIpc) is 1.64. The Labute approximate surface area is 47.1 Å². The SMILES string of the molecule is CC1=CN=NC(=O)C1. The molecule has 42 valence electrons. The molecule has 1 aliphatic heterocycles. The van der Waals surface area contributed by atoms with Crippen LogP contribution in [0, 0.1) is 0 Å². The highest BCUT2D eigenvalue weighted by molar-refractivity contribution is 5.79. The van der Waals surface area contributed by atoms with Crippen molar-refractivity contribution in [1.29, 1.82) is 0 Å². The first kappa shape index (κ1) is 5.15. The number of amides is 1. The third-order valence-corrected chi connectivity index (χ3v) is 0.877. The Morgan fingerprint density at radius 2 is 2.50 bits per heavy atom. The van der Waals surface area contributed by atoms with E-state index in [1.807, 2.05) is 6.92 Å². The summed E-state index contributed by atoms with van der Waals surface area (Å²) < 4.78 is 0. The molecule has 0 N–H and O–H groups in total. The maximum absolute atomic E-state index is 10.4. The summed E-state index contributed by atoms with van der Waals surface area (Å²) in [7, 11) is 0. The largest absolute Gasteiger partial charge is 0.271 e. The fourth-order valence-electron chi connectivity index (χ4n) is 0.511. The Hall–Kier alpha value is -0.990. The van der Waals surface area contributed by atoms with E-state index in [9.17, 15) is 4.79 Å². The first-order valence-electron chi connectivity index (χ1n) is 2.38. The van der Waals surface area contributed by atoms with Crippen molar-refractivity contribution < 1.29 is 4.79 Å². The van der Waals surface area contributed by atoms with Gasteiger partial charge in [-0.2, -0.15) is 5.11 Å². The summed E-state index contributed by atoms with van der Waals surface area (Å²) >= 11 is 0. The van der Waals surface area contributed by atoms with Crippen molar-refractivity contribution >= 4 is 5.91 Å². The Kier molecular flexibility index (Phi) is 1.20. The highest BCUT2D eigenvalue weighted by Crippen LogP contribution is 2.06. The van der Waals surface area contributed by atoms with Crippen LogP contribution in [0.5, 0.6) is 0 Å². The van der Waals surface area contributed by atoms with E-state index in [0.29, 0.717) is 6.42 Å². The minimum atomic E-state index is -0.148. The molecule has 1 heterocycles. The molecule has 0 spiro atoms. The molecule has 1 amide bonds. The van der Waals surface area contributed by atoms with Crippen molar-refractivity contribution in [3.63, 3.8) is 0 Å². The van der Waals surface area contributed by atoms with Crippen LogP contribution in [-0.2, 0) is 4.79 Å². The Bertz CT molecular complexity index is 169. The molecule has 1 aliphatic rings. The lowest BCUT2D eigenvalue weighted by Crippen LogP contribution is -1.95. The van der Waals surface area contributed by atoms with Gasteiger partial charge in [-0.05, 0) is 12.5 Å². The van der Waals surface area contributed by atoms with Crippen LogP contribution >= 0.6 is 0 Å². The lowest BCUT2D eigenvalue weighted by atomic mass is 10.2. The van der Waals surface area contributed by atoms with Crippen molar-refractivity contribution in [2.24, 2.45) is 10.2 Å². The molecule has 0 saturated heterocycles. The minimum absolute atomic E-state index is 0.148. The summed E-state index contributed by atoms with van der Waals surface area (Å²) in [5.74, 6) is -0.148. The second-order valence-electron chi connectivity index (χ2n) is 1.76. The van der Waals surface area contributed by atoms with Gasteiger partial charge in [0.1, 0.15) is 0 Å². The standard InChI is InChI=1S/C5H6N2O/c1-4-2-5(8)7-6-3-4/h3H,2H2,1H3. The molecular weight excluding hydrogens is 104 g/mol. The molecule has 0 aliphatic carbocycles. The van der Waals surface area contributed by atoms with Crippen LogP contribution in [-0.4, -0.2) is 5.91 Å². The van der Waals surface area contributed by atoms with E-state index in [1.54, 1.807) is 6.20 Å². The van der Waals surface area contributed by atoms with Crippen LogP contribution in [0.3, 0.4) is 0 Å². The van der Waals surface area contributed by atoms with Gasteiger partial charge in [-0.1, -0.05) is 0 Å². The number of carbonyl (C=O) groups excluding carboxylic acids is 1. The zero-order valence-electron chi connectivity index (χ0n) is 4.59. The van der Waals surface area contributed by atoms with Gasteiger partial charge < -0.3 is 0 Å². The molecule has 0 fully saturated rings. The van der Waals surface area contributed by atoms with Gasteiger partial charge in [0, 0.05) is 6.20 Å². The van der Waals surface area contributed by atoms with E-state index in [0.717, 1.165) is 5.57 Å². The van der Waals surface area contributed by atoms with E-state index in [4.69, 9.17) is 0 Å². The van der Waals surface area contributed by atoms with Crippen molar-refractivity contribution in [2.45, 2.75) is 13.3 Å². The zero-order chi connectivity index (χ0) is 5.98. The molecule has 3 nitrogen and oxygen atoms in total. The number of hydrogen-bond donors (Lipinski definition) is 0. The first-order chi connectivity index (χ1) is 3.79. The van der Waals surface area contributed by atoms with Crippen LogP contribution in [0.4, 0.5) is 0 Å². The number of azo groups is 1. The van der Waals surface area contributed by atoms with Gasteiger partial charge in [-0.25, -0.2) is 0 Å². The molecule has 0 aromatic heterocycles. The van der Waals surface area contributed by atoms with Gasteiger partial charge in [0.25, 0.3) is 5.91 Å². The molecule has 0 saturated carbocycles. The van der Waals surface area contributed by atoms with Gasteiger partial charge in [0.2, 0.25) is 0 Å². The Balaban J connectivity index is 2.73. The van der Waals surface area contributed by atoms with Gasteiger partial charge in [-0.3, -0.25) is 4.79 Å². The topological polar surface area (TPSA) is 41.8 Å². The van der Waals surface area contributed by atoms with E-state index >= 15 is 0 Å². The maximum Gasteiger partial charge on any atom is 0.268 e. The summed E-state index contributed by atoms with van der Waals surface area (Å²) in [4.78, 5) is 10.4. The smallest absolute Gasteiger partial charge is 0.268 e. The summed E-state index contributed by atoms with van der Waals surface area (Å²) in [6.45, 7) is 1.86. The van der Waals surface area contributed by atoms with E-state index in [1.165, 1.54) is 0 Å². The fourth-order valence-corrected chi connectivity index (χ4v) is 0.511. The predicted molar refractivity (Wildman–Crippen MR) is 28.2 cm³/mol. The van der Waals surface area contributed by atoms with Crippen LogP contribution in [0.2, 0.25) is 0 Å². The molecule has 8 heavy (non-hydrogen) atoms. The lowest BCUT2D eigenvalue weighted by molar-refractivity contribution is -0.117. The Morgan fingerprint density at radius 3 is 2.88 bits per heavy atom. The second-order valence-corrected chi connectivity index (χ2v) is 1.76. The molecule has 0 unspecified atom stereocenters. The quantitative estimate of drug-likeness (QED) is 0.463. The number of rotatable bonds is 0. The van der Waals surface area contributed by atoms with Crippen LogP contribution < -0.4 is 0 Å². The van der Waals surface area contributed by atoms with Crippen molar-refractivity contribution in [3.05, 3.63) is 11.8 Å². The molecule has 0 aromatic carbocycles. The molecule has 3 heteroatoms. The molecule has 0 atom stereocenters. The van der Waals surface area contributed by atoms with Crippen molar-refractivity contribution in [3.8, 4) is 0 Å². The van der Waals surface area contributed by atoms with Crippen LogP contribution in [0.1, 0.15) is 13.3 Å². The van der Waals surface area contributed by atoms with Crippen LogP contribution in [0.25, 0.3) is 0 Å². The van der Waals surface area contributed by atoms with Gasteiger partial charge >= 0.3 is 0 Å². The summed E-state index contributed by atoms with van der Waals surface area (Å²) in [6, 6.07) is 0. The van der Waals surface area contributed by atoms with Crippen molar-refractivity contribution in [1.82, 2.24) is 0 Å². The molecule has 0 radical (unpaired) electrons. The van der Waals surface area contributed by atoms with Gasteiger partial charge in [-0.15, -0.1) is 5.11 Å². The van der Waals surface area contributed by atoms with E-state index < -0.39 is 0 Å². The number of carbonyl (C=O) groups is 1. The molecule has 1 rings (SSSR count). The minimum Gasteiger partial charge on any atom is -0.271 e. The molecule has 0 bridgehead atoms. The van der Waals surface area contributed by atoms with E-state index in [-0.39, 0.29) is 5.91 Å². The molecule has 0 aromatic rings. The number of hydrogen-bond acceptors (Lipinski definition) is 2. The first-order valence-corrected chi connectivity index (χ1v) is 2.38. The summed E-state index contributed by atoms with van der Waals surface area (Å²) in [5, 5.41) is 6.74. The predicted octanol–water partition coefficient (Wildman–Crippen LogP) is 1.27. The highest BCUT2D eigenvalue weighted by atomic mass is 16.1. The summed E-state index contributed by atoms with van der Waals surface area (Å²) in [6.07, 6.45) is 2.03. The third kappa shape index (κ3) is 0.992. The average molecular weight is 110 g/mol. The monoisotopic (exact) mass is 110 g/mol. The van der Waals surface area contributed by atoms with Crippen LogP contribution in [0.15, 0.2) is 22.0 Å². The fraction of sp³-hybridized carbons (Fsp3) is 0.400. The molecular formula is C5H6N2O. The Morgan fingerprint density at radius 1 is 1.75 bits per heavy atom. The highest BCUT2D eigenvalue weighted by Gasteiger charge is 2.02. The summed E-state index contributed by atoms with van der Waals surface area (Å²) in [5.41, 5.74) is 0.977. The van der Waals surface area contributed by atoms with Gasteiger partial charge in [0.15, 0.2) is 0 Å². The van der Waals surface area contributed by atoms with E-state index in [2.05, 4.69) is 10.2 Å².